The van der Waals surface area contributed by atoms with Crippen LogP contribution in [0.2, 0.25) is 0 Å². The Balaban J connectivity index is 0.00000200. The molecule has 0 aromatic heterocycles. The van der Waals surface area contributed by atoms with Crippen LogP contribution in [0.1, 0.15) is 26.2 Å². The monoisotopic (exact) mass is 327 g/mol. The lowest BCUT2D eigenvalue weighted by Gasteiger charge is -2.38. The van der Waals surface area contributed by atoms with Gasteiger partial charge in [0.25, 0.3) is 10.2 Å². The molecule has 2 aliphatic rings. The number of hydrogen-bond donors (Lipinski definition) is 1. The molecule has 2 aliphatic heterocycles. The maximum atomic E-state index is 12.8. The predicted octanol–water partition coefficient (Wildman–Crippen LogP) is 0.449. The highest BCUT2D eigenvalue weighted by Gasteiger charge is 2.35. The summed E-state index contributed by atoms with van der Waals surface area (Å²) < 4.78 is 34.0. The molecule has 6 nitrogen and oxygen atoms in total. The van der Waals surface area contributed by atoms with Gasteiger partial charge in [-0.3, -0.25) is 0 Å². The van der Waals surface area contributed by atoms with Crippen LogP contribution in [0.25, 0.3) is 0 Å². The number of ether oxygens (including phenoxy) is 1. The Kier molecular flexibility index (Phi) is 7.71. The van der Waals surface area contributed by atoms with Crippen molar-refractivity contribution in [2.75, 3.05) is 45.9 Å². The normalized spacial score (nSPS) is 22.7. The van der Waals surface area contributed by atoms with Crippen molar-refractivity contribution in [3.05, 3.63) is 0 Å². The van der Waals surface area contributed by atoms with E-state index >= 15 is 0 Å². The molecule has 0 unspecified atom stereocenters. The van der Waals surface area contributed by atoms with Crippen molar-refractivity contribution in [3.63, 3.8) is 0 Å². The van der Waals surface area contributed by atoms with Crippen molar-refractivity contribution >= 4 is 22.6 Å². The number of piperidine rings is 1. The Morgan fingerprint density at radius 2 is 1.85 bits per heavy atom. The van der Waals surface area contributed by atoms with E-state index in [2.05, 4.69) is 5.32 Å². The first kappa shape index (κ1) is 18.1. The average molecular weight is 328 g/mol. The molecule has 0 aromatic rings. The van der Waals surface area contributed by atoms with Gasteiger partial charge in [0.05, 0.1) is 13.2 Å². The molecule has 2 fully saturated rings. The van der Waals surface area contributed by atoms with Gasteiger partial charge in [-0.1, -0.05) is 6.92 Å². The number of halogens is 1. The Morgan fingerprint density at radius 1 is 1.25 bits per heavy atom. The van der Waals surface area contributed by atoms with Crippen LogP contribution < -0.4 is 5.32 Å². The van der Waals surface area contributed by atoms with E-state index in [-0.39, 0.29) is 18.4 Å². The highest BCUT2D eigenvalue weighted by Crippen LogP contribution is 2.20. The zero-order valence-electron chi connectivity index (χ0n) is 12.1. The van der Waals surface area contributed by atoms with E-state index < -0.39 is 10.2 Å². The Bertz CT molecular complexity index is 368. The van der Waals surface area contributed by atoms with Crippen molar-refractivity contribution in [1.29, 1.82) is 0 Å². The first-order valence-electron chi connectivity index (χ1n) is 7.21. The molecular formula is C12H26ClN3O3S. The van der Waals surface area contributed by atoms with E-state index in [9.17, 15) is 8.42 Å². The molecule has 0 bridgehead atoms. The zero-order valence-corrected chi connectivity index (χ0v) is 13.7. The third-order valence-corrected chi connectivity index (χ3v) is 5.84. The van der Waals surface area contributed by atoms with Crippen LogP contribution in [0.5, 0.6) is 0 Å². The minimum Gasteiger partial charge on any atom is -0.379 e. The van der Waals surface area contributed by atoms with Crippen LogP contribution in [-0.4, -0.2) is 69.0 Å². The van der Waals surface area contributed by atoms with Gasteiger partial charge >= 0.3 is 0 Å². The second kappa shape index (κ2) is 8.51. The molecular weight excluding hydrogens is 302 g/mol. The molecule has 2 saturated heterocycles. The maximum absolute atomic E-state index is 12.8. The fourth-order valence-electron chi connectivity index (χ4n) is 2.73. The van der Waals surface area contributed by atoms with Crippen LogP contribution in [-0.2, 0) is 14.9 Å². The fourth-order valence-corrected chi connectivity index (χ4v) is 4.64. The number of rotatable bonds is 5. The van der Waals surface area contributed by atoms with Crippen LogP contribution in [0.15, 0.2) is 0 Å². The van der Waals surface area contributed by atoms with Gasteiger partial charge in [-0.25, -0.2) is 0 Å². The van der Waals surface area contributed by atoms with Gasteiger partial charge in [-0.2, -0.15) is 17.0 Å². The molecule has 0 aliphatic carbocycles. The highest BCUT2D eigenvalue weighted by molar-refractivity contribution is 7.86. The van der Waals surface area contributed by atoms with Gasteiger partial charge in [-0.05, 0) is 32.4 Å². The summed E-state index contributed by atoms with van der Waals surface area (Å²) in [4.78, 5) is 0. The van der Waals surface area contributed by atoms with E-state index in [1.165, 1.54) is 0 Å². The Hall–Kier alpha value is 0.0800. The van der Waals surface area contributed by atoms with E-state index in [1.807, 2.05) is 6.92 Å². The topological polar surface area (TPSA) is 61.9 Å². The molecule has 0 radical (unpaired) electrons. The lowest BCUT2D eigenvalue weighted by molar-refractivity contribution is 0.0686. The van der Waals surface area contributed by atoms with E-state index in [1.54, 1.807) is 8.61 Å². The van der Waals surface area contributed by atoms with Gasteiger partial charge in [0.15, 0.2) is 0 Å². The summed E-state index contributed by atoms with van der Waals surface area (Å²) >= 11 is 0. The SMILES string of the molecule is CCCN(C1CCNCC1)S(=O)(=O)N1CCOCC1.Cl. The molecule has 0 aromatic carbocycles. The summed E-state index contributed by atoms with van der Waals surface area (Å²) in [7, 11) is -3.33. The minimum atomic E-state index is -3.33. The zero-order chi connectivity index (χ0) is 13.7. The van der Waals surface area contributed by atoms with E-state index in [0.29, 0.717) is 32.8 Å². The number of nitrogens with one attached hydrogen (secondary N) is 1. The lowest BCUT2D eigenvalue weighted by atomic mass is 10.1. The van der Waals surface area contributed by atoms with Crippen LogP contribution in [0.4, 0.5) is 0 Å². The molecule has 0 saturated carbocycles. The van der Waals surface area contributed by atoms with Crippen molar-refractivity contribution in [1.82, 2.24) is 13.9 Å². The molecule has 8 heteroatoms. The summed E-state index contributed by atoms with van der Waals surface area (Å²) in [5.41, 5.74) is 0. The Labute approximate surface area is 128 Å². The molecule has 120 valence electrons. The van der Waals surface area contributed by atoms with Crippen molar-refractivity contribution in [2.24, 2.45) is 0 Å². The van der Waals surface area contributed by atoms with E-state index in [4.69, 9.17) is 4.74 Å². The largest absolute Gasteiger partial charge is 0.379 e. The van der Waals surface area contributed by atoms with Crippen LogP contribution in [0.3, 0.4) is 0 Å². The summed E-state index contributed by atoms with van der Waals surface area (Å²) in [5, 5.41) is 3.29. The molecule has 0 atom stereocenters. The molecule has 1 N–H and O–H groups in total. The first-order valence-corrected chi connectivity index (χ1v) is 8.61. The maximum Gasteiger partial charge on any atom is 0.282 e. The highest BCUT2D eigenvalue weighted by atomic mass is 35.5. The number of nitrogens with zero attached hydrogens (tertiary/aromatic N) is 2. The quantitative estimate of drug-likeness (QED) is 0.796. The summed E-state index contributed by atoms with van der Waals surface area (Å²) in [6.45, 7) is 6.43. The number of morpholine rings is 1. The van der Waals surface area contributed by atoms with Crippen molar-refractivity contribution in [3.8, 4) is 0 Å². The van der Waals surface area contributed by atoms with Gasteiger partial charge in [0, 0.05) is 25.7 Å². The molecule has 20 heavy (non-hydrogen) atoms. The fraction of sp³-hybridized carbons (Fsp3) is 1.00. The van der Waals surface area contributed by atoms with Gasteiger partial charge in [0.1, 0.15) is 0 Å². The summed E-state index contributed by atoms with van der Waals surface area (Å²) in [5.74, 6) is 0. The predicted molar refractivity (Wildman–Crippen MR) is 81.4 cm³/mol. The Morgan fingerprint density at radius 3 is 2.40 bits per heavy atom. The molecule has 0 amide bonds. The average Bonchev–Trinajstić information content (AvgIpc) is 2.46. The van der Waals surface area contributed by atoms with Crippen LogP contribution >= 0.6 is 12.4 Å². The molecule has 0 spiro atoms. The second-order valence-electron chi connectivity index (χ2n) is 5.11. The van der Waals surface area contributed by atoms with Crippen LogP contribution in [0, 0.1) is 0 Å². The third kappa shape index (κ3) is 4.29. The van der Waals surface area contributed by atoms with Gasteiger partial charge in [0.2, 0.25) is 0 Å². The van der Waals surface area contributed by atoms with Gasteiger partial charge < -0.3 is 10.1 Å². The van der Waals surface area contributed by atoms with Crippen molar-refractivity contribution < 1.29 is 13.2 Å². The first-order chi connectivity index (χ1) is 9.16. The summed E-state index contributed by atoms with van der Waals surface area (Å²) in [6, 6.07) is 0.147. The molecule has 2 rings (SSSR count). The standard InChI is InChI=1S/C12H25N3O3S.ClH/c1-2-7-15(12-3-5-13-6-4-12)19(16,17)14-8-10-18-11-9-14;/h12-13H,2-11H2,1H3;1H. The second-order valence-corrected chi connectivity index (χ2v) is 6.99. The van der Waals surface area contributed by atoms with Gasteiger partial charge in [-0.15, -0.1) is 12.4 Å². The molecule has 2 heterocycles. The third-order valence-electron chi connectivity index (χ3n) is 3.75. The smallest absolute Gasteiger partial charge is 0.282 e. The lowest BCUT2D eigenvalue weighted by Crippen LogP contribution is -2.54. The van der Waals surface area contributed by atoms with E-state index in [0.717, 1.165) is 32.4 Å². The van der Waals surface area contributed by atoms with Crippen molar-refractivity contribution in [2.45, 2.75) is 32.2 Å². The number of hydrogen-bond acceptors (Lipinski definition) is 4. The minimum absolute atomic E-state index is 0. The summed E-state index contributed by atoms with van der Waals surface area (Å²) in [6.07, 6.45) is 2.67.